The van der Waals surface area contributed by atoms with E-state index in [1.807, 2.05) is 0 Å². The minimum atomic E-state index is -1.13. The Kier molecular flexibility index (Phi) is 5.69. The number of nitrogens with zero attached hydrogens (tertiary/aromatic N) is 3. The number of halogens is 1. The Bertz CT molecular complexity index is 1560. The number of nitro groups is 1. The highest BCUT2D eigenvalue weighted by molar-refractivity contribution is 7.22. The van der Waals surface area contributed by atoms with Crippen LogP contribution in [0.25, 0.3) is 16.0 Å². The molecule has 1 N–H and O–H groups in total. The first-order valence-corrected chi connectivity index (χ1v) is 11.4. The Balaban J connectivity index is 1.70. The van der Waals surface area contributed by atoms with Gasteiger partial charge in [0, 0.05) is 17.7 Å². The summed E-state index contributed by atoms with van der Waals surface area (Å²) in [7, 11) is 1.48. The summed E-state index contributed by atoms with van der Waals surface area (Å²) < 4.78 is 19.3. The predicted molar refractivity (Wildman–Crippen MR) is 130 cm³/mol. The average Bonchev–Trinajstić information content (AvgIpc) is 3.41. The Morgan fingerprint density at radius 3 is 2.44 bits per heavy atom. The first-order valence-electron chi connectivity index (χ1n) is 10.5. The van der Waals surface area contributed by atoms with Crippen LogP contribution in [0.3, 0.4) is 0 Å². The van der Waals surface area contributed by atoms with Crippen molar-refractivity contribution in [2.45, 2.75) is 6.04 Å². The molecule has 1 aliphatic heterocycles. The summed E-state index contributed by atoms with van der Waals surface area (Å²) in [5.41, 5.74) is 0.661. The van der Waals surface area contributed by atoms with Gasteiger partial charge in [-0.15, -0.1) is 0 Å². The Hall–Kier alpha value is -4.64. The van der Waals surface area contributed by atoms with Gasteiger partial charge in [0.25, 0.3) is 11.5 Å². The zero-order valence-corrected chi connectivity index (χ0v) is 19.4. The van der Waals surface area contributed by atoms with Gasteiger partial charge in [-0.3, -0.25) is 24.6 Å². The molecule has 1 aromatic heterocycles. The van der Waals surface area contributed by atoms with Crippen LogP contribution in [0.5, 0.6) is 5.75 Å². The second-order valence-corrected chi connectivity index (χ2v) is 8.86. The van der Waals surface area contributed by atoms with Gasteiger partial charge in [0.2, 0.25) is 0 Å². The van der Waals surface area contributed by atoms with Crippen LogP contribution in [-0.4, -0.2) is 33.8 Å². The number of aliphatic hydroxyl groups is 1. The number of aromatic nitrogens is 1. The molecule has 36 heavy (non-hydrogen) atoms. The van der Waals surface area contributed by atoms with Crippen molar-refractivity contribution in [2.24, 2.45) is 0 Å². The van der Waals surface area contributed by atoms with E-state index in [4.69, 9.17) is 4.74 Å². The fourth-order valence-corrected chi connectivity index (χ4v) is 5.03. The normalized spacial score (nSPS) is 17.1. The van der Waals surface area contributed by atoms with Crippen LogP contribution >= 0.6 is 11.3 Å². The van der Waals surface area contributed by atoms with Gasteiger partial charge in [-0.05, 0) is 60.2 Å². The molecule has 11 heteroatoms. The van der Waals surface area contributed by atoms with Gasteiger partial charge in [-0.25, -0.2) is 9.37 Å². The standard InChI is InChI=1S/C25H16FN3O6S/c1-35-17-9-4-14(5-10-17)22(30)20-21(13-2-7-16(8-3-13)29(33)34)28(24(32)23(20)31)25-27-18-11-6-15(26)12-19(18)36-25/h2-12,21,30H,1H3/b22-20+/t21-/m0/s1. The Labute approximate surface area is 206 Å². The van der Waals surface area contributed by atoms with E-state index < -0.39 is 34.2 Å². The van der Waals surface area contributed by atoms with E-state index in [1.165, 1.54) is 61.7 Å². The number of ether oxygens (including phenoxy) is 1. The van der Waals surface area contributed by atoms with E-state index >= 15 is 0 Å². The number of thiazole rings is 1. The summed E-state index contributed by atoms with van der Waals surface area (Å²) in [5.74, 6) is -2.26. The largest absolute Gasteiger partial charge is 0.507 e. The van der Waals surface area contributed by atoms with E-state index in [-0.39, 0.29) is 22.0 Å². The summed E-state index contributed by atoms with van der Waals surface area (Å²) >= 11 is 1.01. The molecule has 4 aromatic rings. The molecule has 0 aliphatic carbocycles. The number of Topliss-reactive ketones (excluding diaryl/α,β-unsaturated/α-hetero) is 1. The molecular weight excluding hydrogens is 489 g/mol. The zero-order chi connectivity index (χ0) is 25.6. The minimum absolute atomic E-state index is 0.120. The van der Waals surface area contributed by atoms with Crippen LogP contribution in [0.4, 0.5) is 15.2 Å². The van der Waals surface area contributed by atoms with E-state index in [9.17, 15) is 29.2 Å². The van der Waals surface area contributed by atoms with Crippen LogP contribution < -0.4 is 9.64 Å². The summed E-state index contributed by atoms with van der Waals surface area (Å²) in [6.45, 7) is 0. The zero-order valence-electron chi connectivity index (χ0n) is 18.5. The van der Waals surface area contributed by atoms with E-state index in [1.54, 1.807) is 12.1 Å². The molecule has 0 radical (unpaired) electrons. The first kappa shape index (κ1) is 23.1. The smallest absolute Gasteiger partial charge is 0.301 e. The maximum atomic E-state index is 13.8. The van der Waals surface area contributed by atoms with Crippen molar-refractivity contribution >= 4 is 49.8 Å². The van der Waals surface area contributed by atoms with E-state index in [0.717, 1.165) is 16.2 Å². The lowest BCUT2D eigenvalue weighted by Crippen LogP contribution is -2.29. The lowest BCUT2D eigenvalue weighted by molar-refractivity contribution is -0.384. The number of carbonyl (C=O) groups excluding carboxylic acids is 2. The molecule has 0 bridgehead atoms. The molecule has 180 valence electrons. The molecule has 1 atom stereocenters. The van der Waals surface area contributed by atoms with Crippen molar-refractivity contribution in [2.75, 3.05) is 12.0 Å². The van der Waals surface area contributed by atoms with Gasteiger partial charge in [-0.2, -0.15) is 0 Å². The number of fused-ring (bicyclic) bond motifs is 1. The Morgan fingerprint density at radius 1 is 1.11 bits per heavy atom. The topological polar surface area (TPSA) is 123 Å². The van der Waals surface area contributed by atoms with Crippen molar-refractivity contribution in [3.63, 3.8) is 0 Å². The quantitative estimate of drug-likeness (QED) is 0.133. The van der Waals surface area contributed by atoms with Crippen LogP contribution in [0.15, 0.2) is 72.3 Å². The van der Waals surface area contributed by atoms with Crippen molar-refractivity contribution in [3.05, 3.63) is 99.4 Å². The summed E-state index contributed by atoms with van der Waals surface area (Å²) in [6.07, 6.45) is 0. The molecule has 2 heterocycles. The third-order valence-electron chi connectivity index (χ3n) is 5.77. The predicted octanol–water partition coefficient (Wildman–Crippen LogP) is 4.98. The molecule has 1 fully saturated rings. The second-order valence-electron chi connectivity index (χ2n) is 7.85. The number of anilines is 1. The number of benzene rings is 3. The van der Waals surface area contributed by atoms with Crippen molar-refractivity contribution < 1.29 is 28.7 Å². The van der Waals surface area contributed by atoms with Gasteiger partial charge in [0.1, 0.15) is 17.3 Å². The molecule has 9 nitrogen and oxygen atoms in total. The molecular formula is C25H16FN3O6S. The fraction of sp³-hybridized carbons (Fsp3) is 0.0800. The fourth-order valence-electron chi connectivity index (χ4n) is 4.02. The number of hydrogen-bond donors (Lipinski definition) is 1. The van der Waals surface area contributed by atoms with Gasteiger partial charge < -0.3 is 9.84 Å². The van der Waals surface area contributed by atoms with Gasteiger partial charge in [0.05, 0.1) is 33.9 Å². The van der Waals surface area contributed by atoms with Crippen LogP contribution in [0.1, 0.15) is 17.2 Å². The number of methoxy groups -OCH3 is 1. The van der Waals surface area contributed by atoms with Gasteiger partial charge >= 0.3 is 5.91 Å². The third-order valence-corrected chi connectivity index (χ3v) is 6.79. The lowest BCUT2D eigenvalue weighted by atomic mass is 9.95. The summed E-state index contributed by atoms with van der Waals surface area (Å²) in [4.78, 5) is 42.6. The molecule has 0 saturated carbocycles. The molecule has 1 amide bonds. The van der Waals surface area contributed by atoms with E-state index in [2.05, 4.69) is 4.98 Å². The number of ketones is 1. The summed E-state index contributed by atoms with van der Waals surface area (Å²) in [6, 6.07) is 14.4. The number of rotatable bonds is 5. The monoisotopic (exact) mass is 505 g/mol. The number of hydrogen-bond acceptors (Lipinski definition) is 8. The second kappa shape index (κ2) is 8.86. The maximum Gasteiger partial charge on any atom is 0.301 e. The molecule has 0 spiro atoms. The highest BCUT2D eigenvalue weighted by Crippen LogP contribution is 2.44. The molecule has 1 aliphatic rings. The van der Waals surface area contributed by atoms with Crippen LogP contribution in [0, 0.1) is 15.9 Å². The molecule has 1 saturated heterocycles. The SMILES string of the molecule is COc1ccc(/C(O)=C2\C(=O)C(=O)N(c3nc4ccc(F)cc4s3)[C@H]2c2ccc([N+](=O)[O-])cc2)cc1. The number of carbonyl (C=O) groups is 2. The summed E-state index contributed by atoms with van der Waals surface area (Å²) in [5, 5.41) is 22.4. The molecule has 3 aromatic carbocycles. The van der Waals surface area contributed by atoms with Gasteiger partial charge in [-0.1, -0.05) is 11.3 Å². The van der Waals surface area contributed by atoms with Crippen LogP contribution in [-0.2, 0) is 9.59 Å². The highest BCUT2D eigenvalue weighted by atomic mass is 32.1. The first-order chi connectivity index (χ1) is 17.3. The van der Waals surface area contributed by atoms with Crippen molar-refractivity contribution in [3.8, 4) is 5.75 Å². The van der Waals surface area contributed by atoms with Gasteiger partial charge in [0.15, 0.2) is 5.13 Å². The highest BCUT2D eigenvalue weighted by Gasteiger charge is 2.48. The lowest BCUT2D eigenvalue weighted by Gasteiger charge is -2.22. The number of nitro benzene ring substituents is 1. The number of amides is 1. The molecule has 0 unspecified atom stereocenters. The number of aliphatic hydroxyl groups excluding tert-OH is 1. The van der Waals surface area contributed by atoms with E-state index in [0.29, 0.717) is 21.5 Å². The number of non-ortho nitro benzene ring substituents is 1. The third kappa shape index (κ3) is 3.85. The minimum Gasteiger partial charge on any atom is -0.507 e. The van der Waals surface area contributed by atoms with Crippen molar-refractivity contribution in [1.29, 1.82) is 0 Å². The Morgan fingerprint density at radius 2 is 1.81 bits per heavy atom. The maximum absolute atomic E-state index is 13.8. The average molecular weight is 505 g/mol. The molecule has 5 rings (SSSR count). The van der Waals surface area contributed by atoms with Crippen molar-refractivity contribution in [1.82, 2.24) is 4.98 Å². The van der Waals surface area contributed by atoms with Crippen LogP contribution in [0.2, 0.25) is 0 Å².